The number of nitrogens with zero attached hydrogens (tertiary/aromatic N) is 3. The van der Waals surface area contributed by atoms with Crippen LogP contribution in [0, 0.1) is 19.8 Å². The molecule has 0 spiro atoms. The van der Waals surface area contributed by atoms with Gasteiger partial charge in [-0.1, -0.05) is 12.1 Å². The van der Waals surface area contributed by atoms with Gasteiger partial charge < -0.3 is 14.4 Å². The molecule has 1 aromatic carbocycles. The molecule has 6 heteroatoms. The summed E-state index contributed by atoms with van der Waals surface area (Å²) >= 11 is 0. The molecule has 0 radical (unpaired) electrons. The Balaban J connectivity index is 1.73. The lowest BCUT2D eigenvalue weighted by molar-refractivity contribution is -0.136. The van der Waals surface area contributed by atoms with E-state index in [0.717, 1.165) is 34.0 Å². The fourth-order valence-electron chi connectivity index (χ4n) is 3.39. The first kappa shape index (κ1) is 17.3. The summed E-state index contributed by atoms with van der Waals surface area (Å²) in [5, 5.41) is 4.42. The van der Waals surface area contributed by atoms with E-state index in [1.165, 1.54) is 0 Å². The molecule has 0 fully saturated rings. The fourth-order valence-corrected chi connectivity index (χ4v) is 3.39. The highest BCUT2D eigenvalue weighted by Gasteiger charge is 2.30. The molecule has 1 aliphatic heterocycles. The molecule has 0 saturated carbocycles. The van der Waals surface area contributed by atoms with Gasteiger partial charge in [-0.15, -0.1) is 0 Å². The summed E-state index contributed by atoms with van der Waals surface area (Å²) in [6.45, 7) is 4.94. The Labute approximate surface area is 148 Å². The molecule has 3 rings (SSSR count). The van der Waals surface area contributed by atoms with E-state index in [0.29, 0.717) is 19.6 Å². The normalized spacial score (nSPS) is 16.1. The van der Waals surface area contributed by atoms with Gasteiger partial charge in [0.25, 0.3) is 0 Å². The summed E-state index contributed by atoms with van der Waals surface area (Å²) in [4.78, 5) is 14.7. The van der Waals surface area contributed by atoms with Gasteiger partial charge in [0.1, 0.15) is 6.61 Å². The molecule has 1 aromatic heterocycles. The third-order valence-electron chi connectivity index (χ3n) is 4.96. The maximum absolute atomic E-state index is 12.9. The second-order valence-corrected chi connectivity index (χ2v) is 6.63. The average Bonchev–Trinajstić information content (AvgIpc) is 2.86. The number of aryl methyl sites for hydroxylation is 2. The van der Waals surface area contributed by atoms with E-state index in [1.807, 2.05) is 50.8 Å². The lowest BCUT2D eigenvalue weighted by atomic mass is 9.95. The van der Waals surface area contributed by atoms with E-state index in [1.54, 1.807) is 12.0 Å². The van der Waals surface area contributed by atoms with Gasteiger partial charge in [-0.3, -0.25) is 9.48 Å². The Kier molecular flexibility index (Phi) is 4.70. The Bertz CT molecular complexity index is 797. The van der Waals surface area contributed by atoms with E-state index in [2.05, 4.69) is 5.10 Å². The van der Waals surface area contributed by atoms with E-state index in [9.17, 15) is 4.79 Å². The van der Waals surface area contributed by atoms with Crippen LogP contribution in [0.25, 0.3) is 0 Å². The highest BCUT2D eigenvalue weighted by molar-refractivity contribution is 5.79. The largest absolute Gasteiger partial charge is 0.493 e. The van der Waals surface area contributed by atoms with E-state index in [4.69, 9.17) is 9.47 Å². The molecule has 2 heterocycles. The highest BCUT2D eigenvalue weighted by Crippen LogP contribution is 2.36. The van der Waals surface area contributed by atoms with E-state index < -0.39 is 0 Å². The Morgan fingerprint density at radius 1 is 1.44 bits per heavy atom. The highest BCUT2D eigenvalue weighted by atomic mass is 16.5. The zero-order valence-corrected chi connectivity index (χ0v) is 15.5. The van der Waals surface area contributed by atoms with Crippen LogP contribution in [0.1, 0.15) is 22.5 Å². The van der Waals surface area contributed by atoms with E-state index >= 15 is 0 Å². The third kappa shape index (κ3) is 3.21. The smallest absolute Gasteiger partial charge is 0.229 e. The summed E-state index contributed by atoms with van der Waals surface area (Å²) in [5.74, 6) is 1.40. The monoisotopic (exact) mass is 343 g/mol. The molecule has 1 unspecified atom stereocenters. The number of rotatable bonds is 4. The molecule has 0 N–H and O–H groups in total. The summed E-state index contributed by atoms with van der Waals surface area (Å²) in [6.07, 6.45) is 0.667. The number of para-hydroxylation sites is 1. The zero-order valence-electron chi connectivity index (χ0n) is 15.5. The quantitative estimate of drug-likeness (QED) is 0.854. The van der Waals surface area contributed by atoms with Crippen LogP contribution in [-0.4, -0.2) is 41.4 Å². The van der Waals surface area contributed by atoms with Gasteiger partial charge in [-0.25, -0.2) is 0 Å². The lowest BCUT2D eigenvalue weighted by Crippen LogP contribution is -2.38. The minimum Gasteiger partial charge on any atom is -0.493 e. The van der Waals surface area contributed by atoms with Crippen LogP contribution in [0.4, 0.5) is 0 Å². The fraction of sp³-hybridized carbons (Fsp3) is 0.474. The molecular weight excluding hydrogens is 318 g/mol. The van der Waals surface area contributed by atoms with Crippen molar-refractivity contribution >= 4 is 5.91 Å². The van der Waals surface area contributed by atoms with Crippen molar-refractivity contribution in [3.05, 3.63) is 40.7 Å². The third-order valence-corrected chi connectivity index (χ3v) is 4.96. The predicted molar refractivity (Wildman–Crippen MR) is 94.8 cm³/mol. The molecule has 1 amide bonds. The van der Waals surface area contributed by atoms with Gasteiger partial charge in [0, 0.05) is 31.9 Å². The van der Waals surface area contributed by atoms with Gasteiger partial charge >= 0.3 is 0 Å². The SMILES string of the molecule is COc1cccc2c1OCC(C(=O)N(C)Cc1c(C)nn(C)c1C)C2. The van der Waals surface area contributed by atoms with Crippen LogP contribution in [0.2, 0.25) is 0 Å². The predicted octanol–water partition coefficient (Wildman–Crippen LogP) is 2.26. The maximum Gasteiger partial charge on any atom is 0.229 e. The van der Waals surface area contributed by atoms with E-state index in [-0.39, 0.29) is 11.8 Å². The summed E-state index contributed by atoms with van der Waals surface area (Å²) in [7, 11) is 5.39. The summed E-state index contributed by atoms with van der Waals surface area (Å²) in [5.41, 5.74) is 4.19. The average molecular weight is 343 g/mol. The Morgan fingerprint density at radius 2 is 2.20 bits per heavy atom. The molecule has 6 nitrogen and oxygen atoms in total. The van der Waals surface area contributed by atoms with Crippen LogP contribution >= 0.6 is 0 Å². The molecule has 0 aliphatic carbocycles. The van der Waals surface area contributed by atoms with Crippen LogP contribution in [0.15, 0.2) is 18.2 Å². The molecule has 25 heavy (non-hydrogen) atoms. The standard InChI is InChI=1S/C19H25N3O3/c1-12-16(13(2)22(4)20-12)10-21(3)19(23)15-9-14-7-6-8-17(24-5)18(14)25-11-15/h6-8,15H,9-11H2,1-5H3. The molecule has 1 aliphatic rings. The number of methoxy groups -OCH3 is 1. The van der Waals surface area contributed by atoms with Crippen LogP contribution in [0.5, 0.6) is 11.5 Å². The van der Waals surface area contributed by atoms with Crippen molar-refractivity contribution in [3.8, 4) is 11.5 Å². The second kappa shape index (κ2) is 6.78. The molecule has 0 bridgehead atoms. The minimum absolute atomic E-state index is 0.0936. The number of benzene rings is 1. The first-order chi connectivity index (χ1) is 11.9. The van der Waals surface area contributed by atoms with Gasteiger partial charge in [-0.2, -0.15) is 5.10 Å². The Morgan fingerprint density at radius 3 is 2.84 bits per heavy atom. The van der Waals surface area contributed by atoms with Crippen LogP contribution in [0.3, 0.4) is 0 Å². The number of amides is 1. The lowest BCUT2D eigenvalue weighted by Gasteiger charge is -2.29. The van der Waals surface area contributed by atoms with Gasteiger partial charge in [0.05, 0.1) is 18.7 Å². The summed E-state index contributed by atoms with van der Waals surface area (Å²) in [6, 6.07) is 5.80. The van der Waals surface area contributed by atoms with Crippen molar-refractivity contribution in [1.82, 2.24) is 14.7 Å². The van der Waals surface area contributed by atoms with Crippen molar-refractivity contribution in [2.75, 3.05) is 20.8 Å². The van der Waals surface area contributed by atoms with Crippen molar-refractivity contribution < 1.29 is 14.3 Å². The van der Waals surface area contributed by atoms with Crippen LogP contribution in [-0.2, 0) is 24.8 Å². The van der Waals surface area contributed by atoms with Gasteiger partial charge in [0.15, 0.2) is 11.5 Å². The second-order valence-electron chi connectivity index (χ2n) is 6.63. The number of fused-ring (bicyclic) bond motifs is 1. The number of aromatic nitrogens is 2. The molecular formula is C19H25N3O3. The summed E-state index contributed by atoms with van der Waals surface area (Å²) < 4.78 is 13.0. The topological polar surface area (TPSA) is 56.6 Å². The first-order valence-corrected chi connectivity index (χ1v) is 8.45. The van der Waals surface area contributed by atoms with Crippen LogP contribution < -0.4 is 9.47 Å². The molecule has 1 atom stereocenters. The minimum atomic E-state index is -0.179. The number of hydrogen-bond acceptors (Lipinski definition) is 4. The number of carbonyl (C=O) groups excluding carboxylic acids is 1. The van der Waals surface area contributed by atoms with Crippen molar-refractivity contribution in [3.63, 3.8) is 0 Å². The zero-order chi connectivity index (χ0) is 18.1. The maximum atomic E-state index is 12.9. The number of ether oxygens (including phenoxy) is 2. The molecule has 134 valence electrons. The molecule has 0 saturated heterocycles. The van der Waals surface area contributed by atoms with Gasteiger partial charge in [-0.05, 0) is 31.9 Å². The molecule has 2 aromatic rings. The van der Waals surface area contributed by atoms with Crippen molar-refractivity contribution in [2.45, 2.75) is 26.8 Å². The Hall–Kier alpha value is -2.50. The number of carbonyl (C=O) groups is 1. The van der Waals surface area contributed by atoms with Crippen molar-refractivity contribution in [2.24, 2.45) is 13.0 Å². The first-order valence-electron chi connectivity index (χ1n) is 8.45. The van der Waals surface area contributed by atoms with Gasteiger partial charge in [0.2, 0.25) is 5.91 Å². The van der Waals surface area contributed by atoms with Crippen molar-refractivity contribution in [1.29, 1.82) is 0 Å². The number of hydrogen-bond donors (Lipinski definition) is 0.